The highest BCUT2D eigenvalue weighted by molar-refractivity contribution is 7.13. The molecule has 3 aromatic heterocycles. The highest BCUT2D eigenvalue weighted by atomic mass is 32.1. The van der Waals surface area contributed by atoms with Crippen molar-refractivity contribution >= 4 is 34.4 Å². The molecular formula is C24H14F6N6OS. The molecule has 0 aliphatic carbocycles. The van der Waals surface area contributed by atoms with Crippen LogP contribution in [0.2, 0.25) is 0 Å². The van der Waals surface area contributed by atoms with Crippen LogP contribution in [-0.2, 0) is 12.4 Å². The van der Waals surface area contributed by atoms with Crippen LogP contribution in [0.3, 0.4) is 0 Å². The number of nitrogens with zero attached hydrogens (tertiary/aromatic N) is 4. The molecule has 0 atom stereocenters. The summed E-state index contributed by atoms with van der Waals surface area (Å²) in [5.41, 5.74) is -1.91. The van der Waals surface area contributed by atoms with Crippen molar-refractivity contribution in [1.29, 1.82) is 0 Å². The van der Waals surface area contributed by atoms with Crippen molar-refractivity contribution in [2.75, 3.05) is 10.6 Å². The number of urea groups is 1. The summed E-state index contributed by atoms with van der Waals surface area (Å²) in [6, 6.07) is 13.3. The lowest BCUT2D eigenvalue weighted by molar-refractivity contribution is -0.143. The quantitative estimate of drug-likeness (QED) is 0.233. The highest BCUT2D eigenvalue weighted by Gasteiger charge is 2.37. The Hall–Kier alpha value is -4.46. The van der Waals surface area contributed by atoms with Crippen LogP contribution in [0.1, 0.15) is 11.1 Å². The first-order valence-electron chi connectivity index (χ1n) is 10.7. The topological polar surface area (TPSA) is 84.2 Å². The lowest BCUT2D eigenvalue weighted by atomic mass is 10.1. The molecule has 2 aromatic carbocycles. The number of fused-ring (bicyclic) bond motifs is 1. The van der Waals surface area contributed by atoms with Gasteiger partial charge in [0.25, 0.3) is 0 Å². The van der Waals surface area contributed by atoms with Gasteiger partial charge in [-0.15, -0.1) is 21.5 Å². The van der Waals surface area contributed by atoms with Crippen molar-refractivity contribution in [2.24, 2.45) is 0 Å². The van der Waals surface area contributed by atoms with Crippen molar-refractivity contribution in [1.82, 2.24) is 19.8 Å². The normalized spacial score (nSPS) is 12.1. The third-order valence-corrected chi connectivity index (χ3v) is 6.13. The minimum atomic E-state index is -5.04. The summed E-state index contributed by atoms with van der Waals surface area (Å²) in [6.07, 6.45) is -10.1. The molecule has 7 nitrogen and oxygen atoms in total. The summed E-state index contributed by atoms with van der Waals surface area (Å²) in [7, 11) is 0. The molecule has 0 aliphatic heterocycles. The Morgan fingerprint density at radius 3 is 2.16 bits per heavy atom. The fourth-order valence-corrected chi connectivity index (χ4v) is 4.27. The molecule has 5 aromatic rings. The van der Waals surface area contributed by atoms with Crippen LogP contribution in [0.4, 0.5) is 42.5 Å². The number of rotatable bonds is 4. The summed E-state index contributed by atoms with van der Waals surface area (Å²) >= 11 is 1.47. The fourth-order valence-electron chi connectivity index (χ4n) is 3.58. The zero-order valence-electron chi connectivity index (χ0n) is 18.8. The van der Waals surface area contributed by atoms with E-state index in [1.165, 1.54) is 17.4 Å². The molecule has 0 radical (unpaired) electrons. The van der Waals surface area contributed by atoms with Crippen LogP contribution in [0.15, 0.2) is 72.1 Å². The van der Waals surface area contributed by atoms with Crippen molar-refractivity contribution in [3.05, 3.63) is 83.2 Å². The maximum atomic E-state index is 13.1. The predicted molar refractivity (Wildman–Crippen MR) is 129 cm³/mol. The van der Waals surface area contributed by atoms with Gasteiger partial charge < -0.3 is 10.6 Å². The average Bonchev–Trinajstić information content (AvgIpc) is 3.52. The molecule has 2 amide bonds. The molecule has 0 aliphatic rings. The first-order chi connectivity index (χ1) is 18.0. The van der Waals surface area contributed by atoms with Crippen LogP contribution >= 0.6 is 11.3 Å². The number of alkyl halides is 6. The summed E-state index contributed by atoms with van der Waals surface area (Å²) < 4.78 is 80.2. The van der Waals surface area contributed by atoms with E-state index < -0.39 is 35.2 Å². The van der Waals surface area contributed by atoms with Crippen LogP contribution in [0, 0.1) is 0 Å². The molecule has 3 heterocycles. The number of aromatic nitrogens is 4. The first-order valence-corrected chi connectivity index (χ1v) is 11.6. The highest BCUT2D eigenvalue weighted by Crippen LogP contribution is 2.37. The summed E-state index contributed by atoms with van der Waals surface area (Å²) in [6.45, 7) is 0. The number of carbonyl (C=O) groups excluding carboxylic acids is 1. The van der Waals surface area contributed by atoms with Crippen LogP contribution in [0.5, 0.6) is 0 Å². The molecule has 0 saturated carbocycles. The number of nitrogens with one attached hydrogen (secondary N) is 2. The SMILES string of the molecule is O=C(Nc1cccc(-c2ccc3nnc(-c4cccs4)n3n2)c1)Nc1cc(C(F)(F)F)cc(C(F)(F)F)c1. The van der Waals surface area contributed by atoms with Gasteiger partial charge in [-0.3, -0.25) is 0 Å². The monoisotopic (exact) mass is 548 g/mol. The van der Waals surface area contributed by atoms with E-state index in [1.54, 1.807) is 34.8 Å². The average molecular weight is 548 g/mol. The van der Waals surface area contributed by atoms with Crippen molar-refractivity contribution in [3.8, 4) is 22.0 Å². The smallest absolute Gasteiger partial charge is 0.308 e. The second-order valence-electron chi connectivity index (χ2n) is 7.94. The zero-order chi connectivity index (χ0) is 27.1. The number of anilines is 2. The second kappa shape index (κ2) is 9.45. The minimum absolute atomic E-state index is 0.0178. The largest absolute Gasteiger partial charge is 0.416 e. The van der Waals surface area contributed by atoms with E-state index in [1.807, 2.05) is 22.8 Å². The second-order valence-corrected chi connectivity index (χ2v) is 8.89. The Kier molecular flexibility index (Phi) is 6.26. The first kappa shape index (κ1) is 25.2. The molecule has 38 heavy (non-hydrogen) atoms. The molecule has 0 fully saturated rings. The van der Waals surface area contributed by atoms with Crippen LogP contribution in [-0.4, -0.2) is 25.8 Å². The Morgan fingerprint density at radius 1 is 0.789 bits per heavy atom. The Balaban J connectivity index is 1.38. The molecule has 14 heteroatoms. The molecular weight excluding hydrogens is 534 g/mol. The number of amides is 2. The van der Waals surface area contributed by atoms with Crippen molar-refractivity contribution < 1.29 is 31.1 Å². The Labute approximate surface area is 213 Å². The van der Waals surface area contributed by atoms with Gasteiger partial charge in [-0.05, 0) is 53.9 Å². The van der Waals surface area contributed by atoms with E-state index in [2.05, 4.69) is 20.6 Å². The van der Waals surface area contributed by atoms with Gasteiger partial charge in [0.2, 0.25) is 0 Å². The van der Waals surface area contributed by atoms with Gasteiger partial charge in [0, 0.05) is 16.9 Å². The Bertz CT molecular complexity index is 1600. The molecule has 194 valence electrons. The Morgan fingerprint density at radius 2 is 1.50 bits per heavy atom. The molecule has 2 N–H and O–H groups in total. The lowest BCUT2D eigenvalue weighted by Crippen LogP contribution is -2.20. The zero-order valence-corrected chi connectivity index (χ0v) is 19.6. The third-order valence-electron chi connectivity index (χ3n) is 5.27. The fraction of sp³-hybridized carbons (Fsp3) is 0.0833. The number of carbonyl (C=O) groups is 1. The summed E-state index contributed by atoms with van der Waals surface area (Å²) in [5, 5.41) is 19.2. The van der Waals surface area contributed by atoms with Gasteiger partial charge in [-0.2, -0.15) is 36.0 Å². The van der Waals surface area contributed by atoms with Crippen LogP contribution in [0.25, 0.3) is 27.6 Å². The van der Waals surface area contributed by atoms with Gasteiger partial charge in [-0.1, -0.05) is 18.2 Å². The van der Waals surface area contributed by atoms with Crippen molar-refractivity contribution in [2.45, 2.75) is 12.4 Å². The molecule has 0 unspecified atom stereocenters. The summed E-state index contributed by atoms with van der Waals surface area (Å²) in [5.74, 6) is 0.546. The molecule has 0 spiro atoms. The van der Waals surface area contributed by atoms with Crippen molar-refractivity contribution in [3.63, 3.8) is 0 Å². The van der Waals surface area contributed by atoms with E-state index in [0.29, 0.717) is 34.9 Å². The van der Waals surface area contributed by atoms with E-state index in [-0.39, 0.29) is 11.8 Å². The third kappa shape index (κ3) is 5.29. The molecule has 5 rings (SSSR count). The van der Waals surface area contributed by atoms with E-state index in [0.717, 1.165) is 4.88 Å². The number of hydrogen-bond acceptors (Lipinski definition) is 5. The predicted octanol–water partition coefficient (Wildman–Crippen LogP) is 7.20. The van der Waals surface area contributed by atoms with E-state index in [4.69, 9.17) is 0 Å². The standard InChI is InChI=1S/C24H14F6N6OS/c25-23(26,27)14-10-15(24(28,29)30)12-17(11-14)32-22(37)31-16-4-1-3-13(9-16)18-6-7-20-33-34-21(36(20)35-18)19-5-2-8-38-19/h1-12H,(H2,31,32,37). The van der Waals surface area contributed by atoms with Gasteiger partial charge in [0.15, 0.2) is 11.5 Å². The van der Waals surface area contributed by atoms with Gasteiger partial charge in [0.1, 0.15) is 0 Å². The van der Waals surface area contributed by atoms with E-state index >= 15 is 0 Å². The van der Waals surface area contributed by atoms with Gasteiger partial charge in [-0.25, -0.2) is 4.79 Å². The maximum Gasteiger partial charge on any atom is 0.416 e. The van der Waals surface area contributed by atoms with Gasteiger partial charge in [0.05, 0.1) is 21.7 Å². The maximum absolute atomic E-state index is 13.1. The number of hydrogen-bond donors (Lipinski definition) is 2. The lowest BCUT2D eigenvalue weighted by Gasteiger charge is -2.15. The van der Waals surface area contributed by atoms with E-state index in [9.17, 15) is 31.1 Å². The minimum Gasteiger partial charge on any atom is -0.308 e. The number of thiophene rings is 1. The summed E-state index contributed by atoms with van der Waals surface area (Å²) in [4.78, 5) is 13.3. The van der Waals surface area contributed by atoms with Crippen LogP contribution < -0.4 is 10.6 Å². The molecule has 0 bridgehead atoms. The van der Waals surface area contributed by atoms with Gasteiger partial charge >= 0.3 is 18.4 Å². The number of benzene rings is 2. The molecule has 0 saturated heterocycles. The number of halogens is 6.